The molecule has 2 rings (SSSR count). The van der Waals surface area contributed by atoms with Gasteiger partial charge in [-0.3, -0.25) is 9.69 Å². The van der Waals surface area contributed by atoms with E-state index in [-0.39, 0.29) is 11.9 Å². The van der Waals surface area contributed by atoms with Gasteiger partial charge >= 0.3 is 6.03 Å². The molecule has 1 saturated heterocycles. The fourth-order valence-electron chi connectivity index (χ4n) is 2.33. The van der Waals surface area contributed by atoms with Crippen LogP contribution in [0.3, 0.4) is 0 Å². The minimum Gasteiger partial charge on any atom is -0.325 e. The summed E-state index contributed by atoms with van der Waals surface area (Å²) >= 11 is 0. The maximum Gasteiger partial charge on any atom is 0.324 e. The van der Waals surface area contributed by atoms with Crippen molar-refractivity contribution in [2.75, 3.05) is 6.54 Å². The van der Waals surface area contributed by atoms with Crippen LogP contribution in [-0.4, -0.2) is 29.4 Å². The van der Waals surface area contributed by atoms with Gasteiger partial charge in [-0.25, -0.2) is 4.79 Å². The Hall–Kier alpha value is -1.84. The predicted octanol–water partition coefficient (Wildman–Crippen LogP) is 2.29. The summed E-state index contributed by atoms with van der Waals surface area (Å²) in [4.78, 5) is 24.9. The van der Waals surface area contributed by atoms with Crippen LogP contribution in [0.15, 0.2) is 24.3 Å². The largest absolute Gasteiger partial charge is 0.325 e. The molecule has 0 saturated carbocycles. The maximum atomic E-state index is 12.0. The van der Waals surface area contributed by atoms with Gasteiger partial charge in [-0.1, -0.05) is 38.1 Å². The number of carbonyl (C=O) groups is 2. The van der Waals surface area contributed by atoms with E-state index in [1.807, 2.05) is 12.1 Å². The smallest absolute Gasteiger partial charge is 0.324 e. The molecule has 3 amide bonds. The number of urea groups is 1. The van der Waals surface area contributed by atoms with Crippen molar-refractivity contribution >= 4 is 11.9 Å². The Balaban J connectivity index is 2.12. The van der Waals surface area contributed by atoms with E-state index in [0.717, 1.165) is 5.56 Å². The van der Waals surface area contributed by atoms with Crippen LogP contribution in [0.1, 0.15) is 37.8 Å². The second kappa shape index (κ2) is 5.43. The lowest BCUT2D eigenvalue weighted by molar-refractivity contribution is -0.127. The zero-order valence-corrected chi connectivity index (χ0v) is 11.6. The molecule has 1 aliphatic rings. The Bertz CT molecular complexity index is 497. The lowest BCUT2D eigenvalue weighted by Crippen LogP contribution is -2.32. The number of nitrogens with one attached hydrogen (secondary N) is 1. The molecule has 1 aliphatic heterocycles. The highest BCUT2D eigenvalue weighted by Gasteiger charge is 2.36. The summed E-state index contributed by atoms with van der Waals surface area (Å²) in [6.45, 7) is 6.51. The molecule has 0 radical (unpaired) electrons. The van der Waals surface area contributed by atoms with Crippen molar-refractivity contribution in [3.63, 3.8) is 0 Å². The van der Waals surface area contributed by atoms with Crippen molar-refractivity contribution < 1.29 is 9.59 Å². The Morgan fingerprint density at radius 1 is 1.32 bits per heavy atom. The van der Waals surface area contributed by atoms with E-state index in [9.17, 15) is 9.59 Å². The Morgan fingerprint density at radius 3 is 2.63 bits per heavy atom. The molecule has 1 fully saturated rings. The first-order valence-corrected chi connectivity index (χ1v) is 6.73. The van der Waals surface area contributed by atoms with Crippen LogP contribution in [-0.2, 0) is 11.2 Å². The van der Waals surface area contributed by atoms with E-state index in [1.165, 1.54) is 10.5 Å². The number of imide groups is 1. The van der Waals surface area contributed by atoms with Crippen LogP contribution in [0.4, 0.5) is 4.79 Å². The molecule has 1 atom stereocenters. The Labute approximate surface area is 113 Å². The minimum absolute atomic E-state index is 0.123. The third kappa shape index (κ3) is 2.78. The lowest BCUT2D eigenvalue weighted by Gasteiger charge is -2.12. The normalized spacial score (nSPS) is 19.2. The zero-order chi connectivity index (χ0) is 14.0. The van der Waals surface area contributed by atoms with Crippen molar-refractivity contribution in [3.05, 3.63) is 35.4 Å². The van der Waals surface area contributed by atoms with Gasteiger partial charge in [-0.2, -0.15) is 0 Å². The zero-order valence-electron chi connectivity index (χ0n) is 11.6. The number of benzene rings is 1. The van der Waals surface area contributed by atoms with Crippen LogP contribution >= 0.6 is 0 Å². The van der Waals surface area contributed by atoms with Gasteiger partial charge in [0.05, 0.1) is 0 Å². The highest BCUT2D eigenvalue weighted by atomic mass is 16.2. The van der Waals surface area contributed by atoms with Crippen LogP contribution in [0.2, 0.25) is 0 Å². The van der Waals surface area contributed by atoms with Gasteiger partial charge in [0.25, 0.3) is 5.91 Å². The number of hydrogen-bond donors (Lipinski definition) is 1. The molecule has 1 heterocycles. The average Bonchev–Trinajstić information content (AvgIpc) is 2.64. The molecule has 1 aromatic carbocycles. The molecule has 102 valence electrons. The van der Waals surface area contributed by atoms with Crippen molar-refractivity contribution in [2.45, 2.75) is 39.2 Å². The number of likely N-dealkylation sites (N-methyl/N-ethyl adjacent to an activating group) is 1. The molecular formula is C15H20N2O2. The second-order valence-electron chi connectivity index (χ2n) is 5.19. The monoisotopic (exact) mass is 260 g/mol. The number of carbonyl (C=O) groups excluding carboxylic acids is 2. The molecule has 0 spiro atoms. The highest BCUT2D eigenvalue weighted by molar-refractivity contribution is 6.04. The molecule has 0 aliphatic carbocycles. The standard InChI is InChI=1S/C15H20N2O2/c1-4-17-14(18)13(16-15(17)19)9-11-6-5-7-12(8-11)10(2)3/h5-8,10,13H,4,9H2,1-3H3,(H,16,19). The van der Waals surface area contributed by atoms with Crippen molar-refractivity contribution in [3.8, 4) is 0 Å². The van der Waals surface area contributed by atoms with Gasteiger partial charge in [0.1, 0.15) is 6.04 Å². The predicted molar refractivity (Wildman–Crippen MR) is 73.9 cm³/mol. The van der Waals surface area contributed by atoms with Gasteiger partial charge in [-0.05, 0) is 24.0 Å². The molecule has 1 N–H and O–H groups in total. The number of rotatable bonds is 4. The van der Waals surface area contributed by atoms with Gasteiger partial charge in [-0.15, -0.1) is 0 Å². The fraction of sp³-hybridized carbons (Fsp3) is 0.467. The third-order valence-electron chi connectivity index (χ3n) is 3.48. The molecular weight excluding hydrogens is 240 g/mol. The Kier molecular flexibility index (Phi) is 3.88. The summed E-state index contributed by atoms with van der Waals surface area (Å²) in [6, 6.07) is 7.50. The number of amides is 3. The Morgan fingerprint density at radius 2 is 2.05 bits per heavy atom. The number of hydrogen-bond acceptors (Lipinski definition) is 2. The first-order chi connectivity index (χ1) is 9.02. The number of nitrogens with zero attached hydrogens (tertiary/aromatic N) is 1. The van der Waals surface area contributed by atoms with Crippen LogP contribution in [0.5, 0.6) is 0 Å². The molecule has 4 heteroatoms. The van der Waals surface area contributed by atoms with Gasteiger partial charge in [0.15, 0.2) is 0 Å². The quantitative estimate of drug-likeness (QED) is 0.844. The SMILES string of the molecule is CCN1C(=O)NC(Cc2cccc(C(C)C)c2)C1=O. The summed E-state index contributed by atoms with van der Waals surface area (Å²) in [5.74, 6) is 0.336. The van der Waals surface area contributed by atoms with E-state index >= 15 is 0 Å². The average molecular weight is 260 g/mol. The van der Waals surface area contributed by atoms with Crippen molar-refractivity contribution in [1.29, 1.82) is 0 Å². The highest BCUT2D eigenvalue weighted by Crippen LogP contribution is 2.18. The third-order valence-corrected chi connectivity index (χ3v) is 3.48. The second-order valence-corrected chi connectivity index (χ2v) is 5.19. The van der Waals surface area contributed by atoms with Gasteiger partial charge < -0.3 is 5.32 Å². The van der Waals surface area contributed by atoms with Gasteiger partial charge in [0.2, 0.25) is 0 Å². The lowest BCUT2D eigenvalue weighted by atomic mass is 9.98. The minimum atomic E-state index is -0.421. The summed E-state index contributed by atoms with van der Waals surface area (Å²) in [5, 5.41) is 2.74. The van der Waals surface area contributed by atoms with E-state index in [2.05, 4.69) is 31.3 Å². The first-order valence-electron chi connectivity index (χ1n) is 6.73. The van der Waals surface area contributed by atoms with Crippen molar-refractivity contribution in [1.82, 2.24) is 10.2 Å². The summed E-state index contributed by atoms with van der Waals surface area (Å²) in [5.41, 5.74) is 2.34. The maximum absolute atomic E-state index is 12.0. The van der Waals surface area contributed by atoms with E-state index < -0.39 is 6.04 Å². The van der Waals surface area contributed by atoms with E-state index in [0.29, 0.717) is 18.9 Å². The molecule has 1 unspecified atom stereocenters. The first kappa shape index (κ1) is 13.6. The van der Waals surface area contributed by atoms with E-state index in [4.69, 9.17) is 0 Å². The van der Waals surface area contributed by atoms with Crippen LogP contribution in [0.25, 0.3) is 0 Å². The van der Waals surface area contributed by atoms with Crippen LogP contribution < -0.4 is 5.32 Å². The summed E-state index contributed by atoms with van der Waals surface area (Å²) < 4.78 is 0. The molecule has 0 aromatic heterocycles. The van der Waals surface area contributed by atoms with Gasteiger partial charge in [0, 0.05) is 13.0 Å². The molecule has 19 heavy (non-hydrogen) atoms. The molecule has 1 aromatic rings. The molecule has 0 bridgehead atoms. The summed E-state index contributed by atoms with van der Waals surface area (Å²) in [6.07, 6.45) is 0.557. The summed E-state index contributed by atoms with van der Waals surface area (Å²) in [7, 11) is 0. The van der Waals surface area contributed by atoms with Crippen molar-refractivity contribution in [2.24, 2.45) is 0 Å². The van der Waals surface area contributed by atoms with E-state index in [1.54, 1.807) is 6.92 Å². The fourth-order valence-corrected chi connectivity index (χ4v) is 2.33. The molecule has 4 nitrogen and oxygen atoms in total. The topological polar surface area (TPSA) is 49.4 Å². The van der Waals surface area contributed by atoms with Crippen LogP contribution in [0, 0.1) is 0 Å².